The monoisotopic (exact) mass is 1070 g/mol. The van der Waals surface area contributed by atoms with E-state index in [2.05, 4.69) is 81.1 Å². The highest BCUT2D eigenvalue weighted by Gasteiger charge is 2.15. The van der Waals surface area contributed by atoms with Crippen LogP contribution in [-0.4, -0.2) is 84.0 Å². The summed E-state index contributed by atoms with van der Waals surface area (Å²) in [5.74, 6) is 3.92. The Kier molecular flexibility index (Phi) is 22.2. The lowest BCUT2D eigenvalue weighted by molar-refractivity contribution is 0.0600. The van der Waals surface area contributed by atoms with E-state index in [0.29, 0.717) is 47.5 Å². The van der Waals surface area contributed by atoms with Crippen molar-refractivity contribution in [1.82, 2.24) is 65.3 Å². The average Bonchev–Trinajstić information content (AvgIpc) is 3.48. The fourth-order valence-corrected chi connectivity index (χ4v) is 6.36. The van der Waals surface area contributed by atoms with E-state index in [1.54, 1.807) is 123 Å². The fraction of sp³-hybridized carbons (Fsp3) is 0.0566. The number of aromatic nitrogens is 12. The van der Waals surface area contributed by atoms with Crippen molar-refractivity contribution in [3.8, 4) is 0 Å². The maximum atomic E-state index is 11.5. The number of rotatable bonds is 12. The molecule has 22 heteroatoms. The maximum absolute atomic E-state index is 11.5. The number of hydrogen-bond acceptors (Lipinski definition) is 20. The smallest absolute Gasteiger partial charge is 0.337 e. The molecule has 0 saturated carbocycles. The van der Waals surface area contributed by atoms with Crippen LogP contribution in [0.2, 0.25) is 0 Å². The lowest BCUT2D eigenvalue weighted by Crippen LogP contribution is -2.20. The first kappa shape index (κ1) is 54.3. The third-order valence-corrected chi connectivity index (χ3v) is 10.0. The van der Waals surface area contributed by atoms with Crippen LogP contribution in [-0.2, 0) is 17.8 Å². The van der Waals surface area contributed by atoms with E-state index in [9.17, 15) is 9.59 Å². The molecule has 0 bridgehead atoms. The molecule has 8 heterocycles. The van der Waals surface area contributed by atoms with Gasteiger partial charge in [0.1, 0.15) is 33.7 Å². The van der Waals surface area contributed by atoms with Gasteiger partial charge in [-0.25, -0.2) is 50.1 Å². The van der Waals surface area contributed by atoms with E-state index in [1.165, 1.54) is 13.3 Å². The maximum Gasteiger partial charge on any atom is 0.337 e. The summed E-state index contributed by atoms with van der Waals surface area (Å²) in [6.45, 7) is 1.06. The highest BCUT2D eigenvalue weighted by Crippen LogP contribution is 2.25. The van der Waals surface area contributed by atoms with Crippen molar-refractivity contribution in [3.05, 3.63) is 247 Å². The van der Waals surface area contributed by atoms with Crippen LogP contribution in [0.25, 0.3) is 0 Å². The Labute approximate surface area is 439 Å². The van der Waals surface area contributed by atoms with Crippen molar-refractivity contribution in [3.63, 3.8) is 0 Å². The van der Waals surface area contributed by atoms with Crippen molar-refractivity contribution in [1.29, 1.82) is 0 Å². The number of methoxy groups -OCH3 is 1. The minimum absolute atomic E-state index is 0.350. The van der Waals surface area contributed by atoms with E-state index >= 15 is 0 Å². The molecule has 376 valence electrons. The first-order valence-corrected chi connectivity index (χ1v) is 23.2. The van der Waals surface area contributed by atoms with Crippen LogP contribution in [0, 0.1) is 0 Å². The summed E-state index contributed by atoms with van der Waals surface area (Å²) in [5.41, 5.74) is 9.67. The standard InChI is InChI=1S/C18H16N4O2.C17H15N5O2.C9H8N4.C5H4BrN.C4H5N3/c1-24-18(23)15-7-5-14(6-8-15)13-22(16-4-2-3-9-20-16)17-12-19-10-11-21-17;23-17(21-24)14-6-4-13(5-7-14)12-22(15-3-1-2-8-19-15)16-11-18-9-10-20-16;1-2-4-11-8(3-1)13-9-7-10-5-6-12-9;6-5-3-1-2-4-7-5;5-4-3-6-1-2-7-4/h2-12H,13H2,1H3;1-11,24H,12H2,(H,21,23);1-7H,(H,11,12,13);1-4H;1-3H,(H2,5,7). The van der Waals surface area contributed by atoms with Crippen LogP contribution in [0.4, 0.5) is 40.7 Å². The summed E-state index contributed by atoms with van der Waals surface area (Å²) in [7, 11) is 1.37. The van der Waals surface area contributed by atoms with Gasteiger partial charge in [-0.2, -0.15) is 0 Å². The molecule has 0 aliphatic carbocycles. The zero-order chi connectivity index (χ0) is 52.7. The van der Waals surface area contributed by atoms with Gasteiger partial charge >= 0.3 is 5.97 Å². The van der Waals surface area contributed by atoms with Gasteiger partial charge in [0, 0.05) is 79.9 Å². The van der Waals surface area contributed by atoms with Crippen molar-refractivity contribution in [2.24, 2.45) is 0 Å². The topological polar surface area (TPSA) is 275 Å². The number of nitrogen functional groups attached to an aromatic ring is 1. The number of anilines is 7. The molecule has 75 heavy (non-hydrogen) atoms. The highest BCUT2D eigenvalue weighted by molar-refractivity contribution is 9.10. The minimum Gasteiger partial charge on any atom is -0.465 e. The molecule has 21 nitrogen and oxygen atoms in total. The molecule has 5 N–H and O–H groups in total. The zero-order valence-electron chi connectivity index (χ0n) is 40.1. The van der Waals surface area contributed by atoms with Crippen LogP contribution >= 0.6 is 15.9 Å². The van der Waals surface area contributed by atoms with Gasteiger partial charge in [-0.1, -0.05) is 48.5 Å². The Bertz CT molecular complexity index is 2850. The molecular formula is C53H48BrN17O4. The number of benzene rings is 2. The van der Waals surface area contributed by atoms with Gasteiger partial charge < -0.3 is 25.6 Å². The summed E-state index contributed by atoms with van der Waals surface area (Å²) in [6.07, 6.45) is 26.3. The van der Waals surface area contributed by atoms with E-state index in [1.807, 2.05) is 107 Å². The van der Waals surface area contributed by atoms with Crippen molar-refractivity contribution < 1.29 is 19.5 Å². The summed E-state index contributed by atoms with van der Waals surface area (Å²) in [5, 5.41) is 11.7. The molecule has 0 radical (unpaired) electrons. The molecular weight excluding hydrogens is 1020 g/mol. The van der Waals surface area contributed by atoms with Gasteiger partial charge in [0.15, 0.2) is 11.6 Å². The number of nitrogens with one attached hydrogen (secondary N) is 2. The van der Waals surface area contributed by atoms with Gasteiger partial charge in [-0.3, -0.25) is 29.9 Å². The molecule has 0 fully saturated rings. The van der Waals surface area contributed by atoms with Crippen molar-refractivity contribution >= 4 is 68.5 Å². The lowest BCUT2D eigenvalue weighted by atomic mass is 10.1. The van der Waals surface area contributed by atoms with Crippen LogP contribution < -0.4 is 26.3 Å². The van der Waals surface area contributed by atoms with E-state index in [-0.39, 0.29) is 5.97 Å². The lowest BCUT2D eigenvalue weighted by Gasteiger charge is -2.22. The number of hydroxylamine groups is 1. The summed E-state index contributed by atoms with van der Waals surface area (Å²) in [6, 6.07) is 36.9. The van der Waals surface area contributed by atoms with Gasteiger partial charge in [-0.15, -0.1) is 0 Å². The summed E-state index contributed by atoms with van der Waals surface area (Å²) < 4.78 is 5.60. The Balaban J connectivity index is 0.000000166. The normalized spacial score (nSPS) is 9.80. The average molecular weight is 1070 g/mol. The molecule has 0 spiro atoms. The first-order chi connectivity index (χ1) is 36.8. The van der Waals surface area contributed by atoms with E-state index in [4.69, 9.17) is 15.7 Å². The van der Waals surface area contributed by atoms with Gasteiger partial charge in [0.2, 0.25) is 0 Å². The van der Waals surface area contributed by atoms with E-state index in [0.717, 1.165) is 33.2 Å². The molecule has 8 aromatic heterocycles. The van der Waals surface area contributed by atoms with Gasteiger partial charge in [0.25, 0.3) is 5.91 Å². The molecule has 10 aromatic rings. The number of halogens is 1. The predicted molar refractivity (Wildman–Crippen MR) is 286 cm³/mol. The van der Waals surface area contributed by atoms with Crippen LogP contribution in [0.3, 0.4) is 0 Å². The van der Waals surface area contributed by atoms with Gasteiger partial charge in [0.05, 0.1) is 50.6 Å². The summed E-state index contributed by atoms with van der Waals surface area (Å²) in [4.78, 5) is 75.9. The number of amides is 1. The minimum atomic E-state index is -0.544. The molecule has 1 amide bonds. The molecule has 2 aromatic carbocycles. The number of esters is 1. The number of carbonyl (C=O) groups excluding carboxylic acids is 2. The summed E-state index contributed by atoms with van der Waals surface area (Å²) >= 11 is 3.20. The number of pyridine rings is 4. The SMILES string of the molecule is Brc1ccccn1.COC(=O)c1ccc(CN(c2ccccn2)c2cnccn2)cc1.Nc1cnccn1.O=C(NO)c1ccc(CN(c2ccccn2)c2cnccn2)cc1.c1ccc(Nc2cnccn2)nc1. The van der Waals surface area contributed by atoms with Crippen LogP contribution in [0.5, 0.6) is 0 Å². The predicted octanol–water partition coefficient (Wildman–Crippen LogP) is 8.84. The second-order valence-corrected chi connectivity index (χ2v) is 15.5. The third-order valence-electron chi connectivity index (χ3n) is 9.57. The Hall–Kier alpha value is -10.1. The number of ether oxygens (including phenoxy) is 1. The molecule has 0 aliphatic rings. The molecule has 0 saturated heterocycles. The quantitative estimate of drug-likeness (QED) is 0.0385. The Morgan fingerprint density at radius 1 is 0.493 bits per heavy atom. The molecule has 0 unspecified atom stereocenters. The van der Waals surface area contributed by atoms with Gasteiger partial charge in [-0.05, 0) is 99.9 Å². The Morgan fingerprint density at radius 3 is 1.31 bits per heavy atom. The zero-order valence-corrected chi connectivity index (χ0v) is 41.7. The fourth-order valence-electron chi connectivity index (χ4n) is 6.09. The largest absolute Gasteiger partial charge is 0.465 e. The number of carbonyl (C=O) groups is 2. The second-order valence-electron chi connectivity index (χ2n) is 14.7. The third kappa shape index (κ3) is 18.9. The number of hydrogen-bond donors (Lipinski definition) is 4. The first-order valence-electron chi connectivity index (χ1n) is 22.4. The van der Waals surface area contributed by atoms with E-state index < -0.39 is 5.91 Å². The molecule has 0 atom stereocenters. The Morgan fingerprint density at radius 2 is 0.947 bits per heavy atom. The molecule has 0 aliphatic heterocycles. The highest BCUT2D eigenvalue weighted by atomic mass is 79.9. The van der Waals surface area contributed by atoms with Crippen molar-refractivity contribution in [2.45, 2.75) is 13.1 Å². The van der Waals surface area contributed by atoms with Crippen LogP contribution in [0.15, 0.2) is 225 Å². The number of nitrogens with zero attached hydrogens (tertiary/aromatic N) is 14. The van der Waals surface area contributed by atoms with Crippen LogP contribution in [0.1, 0.15) is 31.8 Å². The van der Waals surface area contributed by atoms with Crippen molar-refractivity contribution in [2.75, 3.05) is 28.0 Å². The second kappa shape index (κ2) is 30.6. The molecule has 10 rings (SSSR count). The number of nitrogens with two attached hydrogens (primary N) is 1.